The van der Waals surface area contributed by atoms with E-state index in [1.807, 2.05) is 12.1 Å². The van der Waals surface area contributed by atoms with Crippen LogP contribution in [-0.4, -0.2) is 18.3 Å². The van der Waals surface area contributed by atoms with Crippen molar-refractivity contribution in [3.63, 3.8) is 0 Å². The van der Waals surface area contributed by atoms with Crippen molar-refractivity contribution in [3.05, 3.63) is 53.9 Å². The van der Waals surface area contributed by atoms with Crippen molar-refractivity contribution in [2.45, 2.75) is 32.7 Å². The second kappa shape index (κ2) is 6.08. The molecule has 0 bridgehead atoms. The minimum absolute atomic E-state index is 0.754. The van der Waals surface area contributed by atoms with Gasteiger partial charge in [0.2, 0.25) is 0 Å². The van der Waals surface area contributed by atoms with Crippen LogP contribution in [0.3, 0.4) is 0 Å². The molecular formula is C15H21N3Si. The van der Waals surface area contributed by atoms with Crippen molar-refractivity contribution in [2.24, 2.45) is 0 Å². The Bertz CT molecular complexity index is 503. The molecule has 0 saturated carbocycles. The van der Waals surface area contributed by atoms with Crippen LogP contribution in [0.15, 0.2) is 42.6 Å². The quantitative estimate of drug-likeness (QED) is 0.848. The maximum absolute atomic E-state index is 4.05. The van der Waals surface area contributed by atoms with E-state index in [1.165, 1.54) is 10.8 Å². The fourth-order valence-electron chi connectivity index (χ4n) is 1.89. The summed E-state index contributed by atoms with van der Waals surface area (Å²) in [5, 5.41) is 12.8. The van der Waals surface area contributed by atoms with Gasteiger partial charge in [0, 0.05) is 19.3 Å². The Morgan fingerprint density at radius 1 is 1.00 bits per heavy atom. The molecule has 0 unspecified atom stereocenters. The third kappa shape index (κ3) is 4.26. The van der Waals surface area contributed by atoms with E-state index in [1.54, 1.807) is 6.20 Å². The van der Waals surface area contributed by atoms with Gasteiger partial charge < -0.3 is 5.32 Å². The van der Waals surface area contributed by atoms with Crippen molar-refractivity contribution >= 4 is 13.3 Å². The predicted molar refractivity (Wildman–Crippen MR) is 82.0 cm³/mol. The van der Waals surface area contributed by atoms with E-state index in [-0.39, 0.29) is 0 Å². The van der Waals surface area contributed by atoms with Crippen molar-refractivity contribution in [2.75, 3.05) is 0 Å². The molecule has 1 aromatic carbocycles. The van der Waals surface area contributed by atoms with Crippen LogP contribution in [0.2, 0.25) is 19.6 Å². The Hall–Kier alpha value is -1.52. The van der Waals surface area contributed by atoms with Crippen LogP contribution in [0, 0.1) is 0 Å². The first kappa shape index (κ1) is 13.9. The van der Waals surface area contributed by atoms with Crippen molar-refractivity contribution in [3.8, 4) is 0 Å². The zero-order valence-electron chi connectivity index (χ0n) is 11.9. The summed E-state index contributed by atoms with van der Waals surface area (Å²) in [6.45, 7) is 8.73. The lowest BCUT2D eigenvalue weighted by Gasteiger charge is -2.16. The van der Waals surface area contributed by atoms with Gasteiger partial charge in [-0.2, -0.15) is 10.2 Å². The smallest absolute Gasteiger partial charge is 0.0775 e. The SMILES string of the molecule is C[Si](C)(C)c1ccc(CNCc2cccnn2)cc1. The Balaban J connectivity index is 1.87. The van der Waals surface area contributed by atoms with Gasteiger partial charge in [0.25, 0.3) is 0 Å². The molecule has 1 heterocycles. The number of hydrogen-bond donors (Lipinski definition) is 1. The third-order valence-corrected chi connectivity index (χ3v) is 5.15. The first-order chi connectivity index (χ1) is 9.05. The number of nitrogens with zero attached hydrogens (tertiary/aromatic N) is 2. The number of nitrogens with one attached hydrogen (secondary N) is 1. The molecule has 0 aliphatic carbocycles. The summed E-state index contributed by atoms with van der Waals surface area (Å²) >= 11 is 0. The summed E-state index contributed by atoms with van der Waals surface area (Å²) in [5.41, 5.74) is 2.28. The second-order valence-electron chi connectivity index (χ2n) is 5.77. The lowest BCUT2D eigenvalue weighted by molar-refractivity contribution is 0.670. The van der Waals surface area contributed by atoms with E-state index in [9.17, 15) is 0 Å². The largest absolute Gasteiger partial charge is 0.307 e. The van der Waals surface area contributed by atoms with Crippen molar-refractivity contribution in [1.29, 1.82) is 0 Å². The molecule has 0 amide bonds. The Labute approximate surface area is 116 Å². The van der Waals surface area contributed by atoms with E-state index >= 15 is 0 Å². The first-order valence-corrected chi connectivity index (χ1v) is 10.1. The fraction of sp³-hybridized carbons (Fsp3) is 0.333. The summed E-state index contributed by atoms with van der Waals surface area (Å²) < 4.78 is 0. The van der Waals surface area contributed by atoms with Gasteiger partial charge in [-0.15, -0.1) is 0 Å². The summed E-state index contributed by atoms with van der Waals surface area (Å²) in [4.78, 5) is 0. The highest BCUT2D eigenvalue weighted by molar-refractivity contribution is 6.88. The second-order valence-corrected chi connectivity index (χ2v) is 10.8. The fourth-order valence-corrected chi connectivity index (χ4v) is 3.05. The highest BCUT2D eigenvalue weighted by Gasteiger charge is 2.15. The summed E-state index contributed by atoms with van der Waals surface area (Å²) in [7, 11) is -1.18. The molecule has 0 atom stereocenters. The average molecular weight is 271 g/mol. The Morgan fingerprint density at radius 2 is 1.74 bits per heavy atom. The van der Waals surface area contributed by atoms with Crippen LogP contribution in [0.1, 0.15) is 11.3 Å². The molecule has 2 aromatic rings. The molecule has 0 spiro atoms. The number of rotatable bonds is 5. The van der Waals surface area contributed by atoms with Crippen LogP contribution in [0.25, 0.3) is 0 Å². The minimum atomic E-state index is -1.18. The lowest BCUT2D eigenvalue weighted by atomic mass is 10.2. The van der Waals surface area contributed by atoms with E-state index in [4.69, 9.17) is 0 Å². The monoisotopic (exact) mass is 271 g/mol. The highest BCUT2D eigenvalue weighted by Crippen LogP contribution is 2.04. The first-order valence-electron chi connectivity index (χ1n) is 6.62. The highest BCUT2D eigenvalue weighted by atomic mass is 28.3. The molecule has 1 N–H and O–H groups in total. The molecule has 0 radical (unpaired) electrons. The molecule has 4 heteroatoms. The maximum Gasteiger partial charge on any atom is 0.0775 e. The van der Waals surface area contributed by atoms with Crippen LogP contribution in [0.4, 0.5) is 0 Å². The summed E-state index contributed by atoms with van der Waals surface area (Å²) in [6.07, 6.45) is 1.69. The number of hydrogen-bond acceptors (Lipinski definition) is 3. The van der Waals surface area contributed by atoms with E-state index < -0.39 is 8.07 Å². The molecular weight excluding hydrogens is 250 g/mol. The molecule has 3 nitrogen and oxygen atoms in total. The van der Waals surface area contributed by atoms with E-state index in [0.717, 1.165) is 18.8 Å². The van der Waals surface area contributed by atoms with Crippen LogP contribution < -0.4 is 10.5 Å². The molecule has 19 heavy (non-hydrogen) atoms. The molecule has 1 aromatic heterocycles. The molecule has 2 rings (SSSR count). The maximum atomic E-state index is 4.05. The van der Waals surface area contributed by atoms with Gasteiger partial charge >= 0.3 is 0 Å². The zero-order valence-corrected chi connectivity index (χ0v) is 12.9. The predicted octanol–water partition coefficient (Wildman–Crippen LogP) is 2.31. The number of aromatic nitrogens is 2. The summed E-state index contributed by atoms with van der Waals surface area (Å²) in [5.74, 6) is 0. The Morgan fingerprint density at radius 3 is 2.32 bits per heavy atom. The Kier molecular flexibility index (Phi) is 4.45. The molecule has 0 saturated heterocycles. The van der Waals surface area contributed by atoms with Gasteiger partial charge in [-0.05, 0) is 17.7 Å². The lowest BCUT2D eigenvalue weighted by Crippen LogP contribution is -2.37. The van der Waals surface area contributed by atoms with Gasteiger partial charge in [0.1, 0.15) is 0 Å². The topological polar surface area (TPSA) is 37.8 Å². The van der Waals surface area contributed by atoms with Gasteiger partial charge in [-0.25, -0.2) is 0 Å². The minimum Gasteiger partial charge on any atom is -0.307 e. The van der Waals surface area contributed by atoms with E-state index in [0.29, 0.717) is 0 Å². The van der Waals surface area contributed by atoms with Gasteiger partial charge in [-0.1, -0.05) is 49.1 Å². The molecule has 0 fully saturated rings. The van der Waals surface area contributed by atoms with Crippen LogP contribution in [0.5, 0.6) is 0 Å². The van der Waals surface area contributed by atoms with Crippen LogP contribution >= 0.6 is 0 Å². The third-order valence-electron chi connectivity index (χ3n) is 3.08. The normalized spacial score (nSPS) is 11.5. The van der Waals surface area contributed by atoms with Crippen LogP contribution in [-0.2, 0) is 13.1 Å². The molecule has 0 aliphatic rings. The zero-order chi connectivity index (χ0) is 13.7. The standard InChI is InChI=1S/C15H21N3Si/c1-19(2,3)15-8-6-13(7-9-15)11-16-12-14-5-4-10-17-18-14/h4-10,16H,11-12H2,1-3H3. The van der Waals surface area contributed by atoms with E-state index in [2.05, 4.69) is 59.4 Å². The van der Waals surface area contributed by atoms with Crippen molar-refractivity contribution in [1.82, 2.24) is 15.5 Å². The molecule has 100 valence electrons. The van der Waals surface area contributed by atoms with Gasteiger partial charge in [0.05, 0.1) is 13.8 Å². The molecule has 0 aliphatic heterocycles. The average Bonchev–Trinajstić information content (AvgIpc) is 2.39. The number of benzene rings is 1. The van der Waals surface area contributed by atoms with Gasteiger partial charge in [-0.3, -0.25) is 0 Å². The van der Waals surface area contributed by atoms with Crippen molar-refractivity contribution < 1.29 is 0 Å². The summed E-state index contributed by atoms with van der Waals surface area (Å²) in [6, 6.07) is 12.9. The van der Waals surface area contributed by atoms with Gasteiger partial charge in [0.15, 0.2) is 0 Å².